The van der Waals surface area contributed by atoms with Crippen LogP contribution in [0.5, 0.6) is 0 Å². The topological polar surface area (TPSA) is 78.8 Å². The number of hydrogen-bond donors (Lipinski definition) is 1. The van der Waals surface area contributed by atoms with Crippen molar-refractivity contribution in [3.8, 4) is 0 Å². The van der Waals surface area contributed by atoms with Crippen molar-refractivity contribution in [3.05, 3.63) is 41.0 Å². The Morgan fingerprint density at radius 3 is 2.40 bits per heavy atom. The number of likely N-dealkylation sites (tertiary alicyclic amines) is 1. The van der Waals surface area contributed by atoms with Crippen molar-refractivity contribution in [1.29, 1.82) is 0 Å². The van der Waals surface area contributed by atoms with Gasteiger partial charge in [0.2, 0.25) is 5.91 Å². The average molecular weight is 432 g/mol. The molecule has 1 saturated heterocycles. The summed E-state index contributed by atoms with van der Waals surface area (Å²) < 4.78 is 29.7. The first-order valence-corrected chi connectivity index (χ1v) is 12.3. The number of nitrogens with one attached hydrogen (secondary N) is 1. The van der Waals surface area contributed by atoms with E-state index in [0.717, 1.165) is 25.7 Å². The fourth-order valence-electron chi connectivity index (χ4n) is 4.03. The Kier molecular flexibility index (Phi) is 7.01. The number of rotatable bonds is 6. The van der Waals surface area contributed by atoms with E-state index in [1.807, 2.05) is 36.1 Å². The Morgan fingerprint density at radius 2 is 1.83 bits per heavy atom. The number of nitrogens with zero attached hydrogens (tertiary/aromatic N) is 2. The van der Waals surface area contributed by atoms with Gasteiger partial charge in [-0.25, -0.2) is 0 Å². The molecule has 0 atom stereocenters. The molecule has 3 rings (SSSR count). The van der Waals surface area contributed by atoms with E-state index >= 15 is 0 Å². The highest BCUT2D eigenvalue weighted by Crippen LogP contribution is 2.34. The zero-order chi connectivity index (χ0) is 21.9. The third-order valence-electron chi connectivity index (χ3n) is 5.87. The Balaban J connectivity index is 1.67. The molecule has 1 aromatic rings. The smallest absolute Gasteiger partial charge is 0.285 e. The van der Waals surface area contributed by atoms with E-state index in [-0.39, 0.29) is 11.9 Å². The highest BCUT2D eigenvalue weighted by Gasteiger charge is 2.34. The van der Waals surface area contributed by atoms with E-state index in [1.165, 1.54) is 5.56 Å². The summed E-state index contributed by atoms with van der Waals surface area (Å²) in [6.45, 7) is 9.51. The van der Waals surface area contributed by atoms with E-state index in [9.17, 15) is 13.2 Å². The molecule has 6 nitrogen and oxygen atoms in total. The molecule has 0 saturated carbocycles. The van der Waals surface area contributed by atoms with Crippen LogP contribution in [0.1, 0.15) is 64.5 Å². The maximum atomic E-state index is 12.8. The van der Waals surface area contributed by atoms with Crippen LogP contribution in [-0.4, -0.2) is 44.2 Å². The zero-order valence-corrected chi connectivity index (χ0v) is 19.3. The van der Waals surface area contributed by atoms with Crippen LogP contribution in [0.25, 0.3) is 4.91 Å². The molecule has 0 bridgehead atoms. The number of carbonyl (C=O) groups excluding carboxylic acids is 1. The normalized spacial score (nSPS) is 19.4. The van der Waals surface area contributed by atoms with Gasteiger partial charge < -0.3 is 10.2 Å². The van der Waals surface area contributed by atoms with E-state index in [4.69, 9.17) is 0 Å². The van der Waals surface area contributed by atoms with Gasteiger partial charge in [-0.05, 0) is 49.7 Å². The van der Waals surface area contributed by atoms with Crippen LogP contribution in [0.2, 0.25) is 0 Å². The number of sulfonamides is 1. The quantitative estimate of drug-likeness (QED) is 0.744. The van der Waals surface area contributed by atoms with Crippen LogP contribution in [0.3, 0.4) is 0 Å². The maximum absolute atomic E-state index is 12.8. The zero-order valence-electron chi connectivity index (χ0n) is 18.4. The molecular weight excluding hydrogens is 398 g/mol. The molecule has 7 heteroatoms. The monoisotopic (exact) mass is 431 g/mol. The third-order valence-corrected chi connectivity index (χ3v) is 7.34. The first-order chi connectivity index (χ1) is 14.2. The summed E-state index contributed by atoms with van der Waals surface area (Å²) in [5, 5.41) is 3.12. The lowest BCUT2D eigenvalue weighted by molar-refractivity contribution is -0.122. The van der Waals surface area contributed by atoms with Gasteiger partial charge in [-0.15, -0.1) is 4.40 Å². The van der Waals surface area contributed by atoms with Gasteiger partial charge in [0.15, 0.2) is 0 Å². The minimum atomic E-state index is -3.70. The molecule has 1 amide bonds. The van der Waals surface area contributed by atoms with E-state index in [2.05, 4.69) is 30.5 Å². The van der Waals surface area contributed by atoms with Gasteiger partial charge >= 0.3 is 0 Å². The standard InChI is InChI=1S/C23H33N3O3S/c1-5-18-7-9-19(10-8-18)22-17(4)23(25-30(22,28)29)26-14-12-20(13-15-26)24-21(27)11-6-16(2)3/h7-10,16,20H,5-6,11-15H2,1-4H3,(H,24,27). The number of aryl methyl sites for hydroxylation is 1. The maximum Gasteiger partial charge on any atom is 0.285 e. The van der Waals surface area contributed by atoms with E-state index < -0.39 is 10.0 Å². The van der Waals surface area contributed by atoms with Crippen molar-refractivity contribution in [3.63, 3.8) is 0 Å². The molecular formula is C23H33N3O3S. The van der Waals surface area contributed by atoms with Gasteiger partial charge in [-0.2, -0.15) is 8.42 Å². The van der Waals surface area contributed by atoms with Crippen LogP contribution >= 0.6 is 0 Å². The number of amides is 1. The van der Waals surface area contributed by atoms with Crippen LogP contribution in [0, 0.1) is 5.92 Å². The first kappa shape index (κ1) is 22.5. The summed E-state index contributed by atoms with van der Waals surface area (Å²) in [6.07, 6.45) is 3.95. The summed E-state index contributed by atoms with van der Waals surface area (Å²) in [7, 11) is -3.70. The van der Waals surface area contributed by atoms with Gasteiger partial charge in [-0.1, -0.05) is 45.0 Å². The van der Waals surface area contributed by atoms with Crippen molar-refractivity contribution < 1.29 is 13.2 Å². The van der Waals surface area contributed by atoms with E-state index in [1.54, 1.807) is 0 Å². The fraction of sp³-hybridized carbons (Fsp3) is 0.565. The van der Waals surface area contributed by atoms with Crippen molar-refractivity contribution >= 4 is 26.7 Å². The molecule has 2 aliphatic heterocycles. The molecule has 1 N–H and O–H groups in total. The SMILES string of the molecule is CCc1ccc(C2=C(C)C(N3CCC(NC(=O)CCC(C)C)CC3)=NS2(=O)=O)cc1. The molecule has 2 heterocycles. The Bertz CT molecular complexity index is 938. The minimum Gasteiger partial charge on any atom is -0.356 e. The Morgan fingerprint density at radius 1 is 1.20 bits per heavy atom. The summed E-state index contributed by atoms with van der Waals surface area (Å²) in [6, 6.07) is 7.82. The lowest BCUT2D eigenvalue weighted by Crippen LogP contribution is -2.46. The van der Waals surface area contributed by atoms with Crippen LogP contribution in [0.4, 0.5) is 0 Å². The molecule has 2 aliphatic rings. The van der Waals surface area contributed by atoms with Gasteiger partial charge in [0.25, 0.3) is 10.0 Å². The molecule has 30 heavy (non-hydrogen) atoms. The molecule has 1 fully saturated rings. The second-order valence-electron chi connectivity index (χ2n) is 8.66. The number of carbonyl (C=O) groups is 1. The van der Waals surface area contributed by atoms with E-state index in [0.29, 0.717) is 47.3 Å². The van der Waals surface area contributed by atoms with Gasteiger partial charge in [0, 0.05) is 31.1 Å². The van der Waals surface area contributed by atoms with Crippen molar-refractivity contribution in [2.24, 2.45) is 10.3 Å². The predicted molar refractivity (Wildman–Crippen MR) is 122 cm³/mol. The number of hydrogen-bond acceptors (Lipinski definition) is 4. The fourth-order valence-corrected chi connectivity index (χ4v) is 5.51. The summed E-state index contributed by atoms with van der Waals surface area (Å²) in [5.74, 6) is 1.17. The molecule has 0 aromatic heterocycles. The largest absolute Gasteiger partial charge is 0.356 e. The Labute approximate surface area is 180 Å². The molecule has 0 unspecified atom stereocenters. The van der Waals surface area contributed by atoms with Crippen molar-refractivity contribution in [1.82, 2.24) is 10.2 Å². The number of amidine groups is 1. The van der Waals surface area contributed by atoms with Crippen LogP contribution in [0.15, 0.2) is 34.2 Å². The first-order valence-electron chi connectivity index (χ1n) is 10.9. The third kappa shape index (κ3) is 5.12. The predicted octanol–water partition coefficient (Wildman–Crippen LogP) is 3.74. The second kappa shape index (κ2) is 9.33. The van der Waals surface area contributed by atoms with Crippen LogP contribution in [-0.2, 0) is 21.2 Å². The lowest BCUT2D eigenvalue weighted by atomic mass is 10.0. The van der Waals surface area contributed by atoms with Crippen molar-refractivity contribution in [2.75, 3.05) is 13.1 Å². The lowest BCUT2D eigenvalue weighted by Gasteiger charge is -2.33. The molecule has 0 aliphatic carbocycles. The highest BCUT2D eigenvalue weighted by molar-refractivity contribution is 8.00. The van der Waals surface area contributed by atoms with Crippen LogP contribution < -0.4 is 5.32 Å². The summed E-state index contributed by atoms with van der Waals surface area (Å²) in [5.41, 5.74) is 2.57. The Hall–Kier alpha value is -2.15. The minimum absolute atomic E-state index is 0.108. The van der Waals surface area contributed by atoms with Gasteiger partial charge in [0.1, 0.15) is 10.7 Å². The number of piperidine rings is 1. The molecule has 0 radical (unpaired) electrons. The summed E-state index contributed by atoms with van der Waals surface area (Å²) in [4.78, 5) is 14.4. The van der Waals surface area contributed by atoms with Gasteiger partial charge in [0.05, 0.1) is 0 Å². The summed E-state index contributed by atoms with van der Waals surface area (Å²) >= 11 is 0. The molecule has 0 spiro atoms. The number of benzene rings is 1. The van der Waals surface area contributed by atoms with Crippen molar-refractivity contribution in [2.45, 2.75) is 65.8 Å². The van der Waals surface area contributed by atoms with Gasteiger partial charge in [-0.3, -0.25) is 4.79 Å². The average Bonchev–Trinajstić information content (AvgIpc) is 2.96. The highest BCUT2D eigenvalue weighted by atomic mass is 32.2. The second-order valence-corrected chi connectivity index (χ2v) is 10.2. The molecule has 1 aromatic carbocycles. The molecule has 164 valence electrons.